The minimum Gasteiger partial charge on any atom is -0.452 e. The first-order chi connectivity index (χ1) is 13.5. The maximum absolute atomic E-state index is 12.6. The summed E-state index contributed by atoms with van der Waals surface area (Å²) < 4.78 is 7.15. The van der Waals surface area contributed by atoms with Gasteiger partial charge < -0.3 is 9.64 Å². The zero-order chi connectivity index (χ0) is 20.1. The number of rotatable bonds is 5. The van der Waals surface area contributed by atoms with Crippen LogP contribution in [-0.2, 0) is 16.1 Å². The lowest BCUT2D eigenvalue weighted by atomic mass is 10.1. The predicted octanol–water partition coefficient (Wildman–Crippen LogP) is 3.42. The van der Waals surface area contributed by atoms with Gasteiger partial charge in [0, 0.05) is 13.1 Å². The first-order valence-electron chi connectivity index (χ1n) is 10.00. The highest BCUT2D eigenvalue weighted by Crippen LogP contribution is 2.17. The van der Waals surface area contributed by atoms with E-state index in [4.69, 9.17) is 4.74 Å². The van der Waals surface area contributed by atoms with Gasteiger partial charge in [0.25, 0.3) is 5.91 Å². The molecule has 1 aliphatic heterocycles. The second-order valence-corrected chi connectivity index (χ2v) is 7.56. The second-order valence-electron chi connectivity index (χ2n) is 7.56. The van der Waals surface area contributed by atoms with Crippen LogP contribution in [-0.4, -0.2) is 46.3 Å². The molecule has 0 saturated carbocycles. The molecule has 3 rings (SSSR count). The number of carbonyl (C=O) groups excluding carboxylic acids is 2. The Labute approximate surface area is 166 Å². The average Bonchev–Trinajstić information content (AvgIpc) is 2.86. The Balaban J connectivity index is 1.64. The molecule has 1 aromatic carbocycles. The summed E-state index contributed by atoms with van der Waals surface area (Å²) in [4.78, 5) is 26.8. The number of likely N-dealkylation sites (tertiary alicyclic amines) is 1. The van der Waals surface area contributed by atoms with Gasteiger partial charge >= 0.3 is 5.97 Å². The monoisotopic (exact) mass is 383 g/mol. The fraction of sp³-hybridized carbons (Fsp3) is 0.500. The largest absolute Gasteiger partial charge is 0.452 e. The zero-order valence-electron chi connectivity index (χ0n) is 17.0. The number of hydrogen-bond acceptors (Lipinski definition) is 4. The molecule has 0 atom stereocenters. The first kappa shape index (κ1) is 20.1. The number of aryl methyl sites for hydroxylation is 2. The first-order valence-corrected chi connectivity index (χ1v) is 10.00. The molecule has 28 heavy (non-hydrogen) atoms. The van der Waals surface area contributed by atoms with E-state index >= 15 is 0 Å². The SMILES string of the molecule is Cc1ccc(Cn2nc(C)c(C(=O)OCC(=O)N3CCCCCC3)c2C)cc1. The molecule has 6 heteroatoms. The Morgan fingerprint density at radius 1 is 1.00 bits per heavy atom. The van der Waals surface area contributed by atoms with Crippen molar-refractivity contribution in [3.05, 3.63) is 52.3 Å². The van der Waals surface area contributed by atoms with Crippen molar-refractivity contribution in [3.63, 3.8) is 0 Å². The van der Waals surface area contributed by atoms with Crippen molar-refractivity contribution < 1.29 is 14.3 Å². The Bertz CT molecular complexity index is 831. The molecule has 1 amide bonds. The van der Waals surface area contributed by atoms with Crippen LogP contribution in [0.1, 0.15) is 58.6 Å². The number of amides is 1. The summed E-state index contributed by atoms with van der Waals surface area (Å²) >= 11 is 0. The van der Waals surface area contributed by atoms with Gasteiger partial charge in [-0.25, -0.2) is 4.79 Å². The number of esters is 1. The second kappa shape index (κ2) is 9.04. The molecule has 2 aromatic rings. The van der Waals surface area contributed by atoms with Gasteiger partial charge in [-0.05, 0) is 39.2 Å². The fourth-order valence-corrected chi connectivity index (χ4v) is 3.62. The topological polar surface area (TPSA) is 64.4 Å². The lowest BCUT2D eigenvalue weighted by Crippen LogP contribution is -2.35. The zero-order valence-corrected chi connectivity index (χ0v) is 17.0. The van der Waals surface area contributed by atoms with Crippen LogP contribution in [0.5, 0.6) is 0 Å². The summed E-state index contributed by atoms with van der Waals surface area (Å²) in [5, 5.41) is 4.50. The fourth-order valence-electron chi connectivity index (χ4n) is 3.62. The maximum Gasteiger partial charge on any atom is 0.342 e. The molecule has 0 bridgehead atoms. The molecule has 1 fully saturated rings. The number of nitrogens with zero attached hydrogens (tertiary/aromatic N) is 3. The van der Waals surface area contributed by atoms with E-state index in [2.05, 4.69) is 29.4 Å². The highest BCUT2D eigenvalue weighted by molar-refractivity contribution is 5.93. The van der Waals surface area contributed by atoms with Crippen LogP contribution in [0.3, 0.4) is 0 Å². The van der Waals surface area contributed by atoms with Crippen molar-refractivity contribution in [2.75, 3.05) is 19.7 Å². The Kier molecular flexibility index (Phi) is 6.49. The number of benzene rings is 1. The Hall–Kier alpha value is -2.63. The average molecular weight is 383 g/mol. The minimum absolute atomic E-state index is 0.113. The molecule has 1 aromatic heterocycles. The van der Waals surface area contributed by atoms with E-state index in [1.807, 2.05) is 18.5 Å². The predicted molar refractivity (Wildman–Crippen MR) is 107 cm³/mol. The number of carbonyl (C=O) groups is 2. The van der Waals surface area contributed by atoms with Gasteiger partial charge in [-0.3, -0.25) is 9.48 Å². The highest BCUT2D eigenvalue weighted by Gasteiger charge is 2.22. The van der Waals surface area contributed by atoms with Crippen molar-refractivity contribution in [1.82, 2.24) is 14.7 Å². The minimum atomic E-state index is -0.478. The molecule has 0 radical (unpaired) electrons. The van der Waals surface area contributed by atoms with Gasteiger partial charge in [0.15, 0.2) is 6.61 Å². The van der Waals surface area contributed by atoms with Crippen LogP contribution in [0.2, 0.25) is 0 Å². The van der Waals surface area contributed by atoms with Crippen LogP contribution in [0.25, 0.3) is 0 Å². The van der Waals surface area contributed by atoms with Gasteiger partial charge in [-0.2, -0.15) is 5.10 Å². The molecule has 6 nitrogen and oxygen atoms in total. The normalized spacial score (nSPS) is 14.6. The molecule has 2 heterocycles. The van der Waals surface area contributed by atoms with Crippen molar-refractivity contribution in [2.45, 2.75) is 53.0 Å². The Morgan fingerprint density at radius 2 is 1.64 bits per heavy atom. The number of hydrogen-bond donors (Lipinski definition) is 0. The molecular weight excluding hydrogens is 354 g/mol. The smallest absolute Gasteiger partial charge is 0.342 e. The summed E-state index contributed by atoms with van der Waals surface area (Å²) in [6.07, 6.45) is 4.34. The van der Waals surface area contributed by atoms with E-state index in [0.717, 1.165) is 50.0 Å². The third-order valence-electron chi connectivity index (χ3n) is 5.32. The molecule has 1 aliphatic rings. The van der Waals surface area contributed by atoms with Crippen LogP contribution in [0, 0.1) is 20.8 Å². The van der Waals surface area contributed by atoms with Gasteiger partial charge in [0.2, 0.25) is 0 Å². The third-order valence-corrected chi connectivity index (χ3v) is 5.32. The molecule has 0 spiro atoms. The van der Waals surface area contributed by atoms with E-state index in [1.54, 1.807) is 11.8 Å². The van der Waals surface area contributed by atoms with E-state index in [0.29, 0.717) is 17.8 Å². The molecule has 0 aliphatic carbocycles. The van der Waals surface area contributed by atoms with E-state index in [9.17, 15) is 9.59 Å². The van der Waals surface area contributed by atoms with Crippen LogP contribution < -0.4 is 0 Å². The standard InChI is InChI=1S/C22H29N3O3/c1-16-8-10-19(11-9-16)14-25-18(3)21(17(2)23-25)22(27)28-15-20(26)24-12-6-4-5-7-13-24/h8-11H,4-7,12-15H2,1-3H3. The van der Waals surface area contributed by atoms with E-state index in [1.165, 1.54) is 5.56 Å². The number of aromatic nitrogens is 2. The van der Waals surface area contributed by atoms with Gasteiger partial charge in [0.05, 0.1) is 17.9 Å². The van der Waals surface area contributed by atoms with Crippen LogP contribution >= 0.6 is 0 Å². The van der Waals surface area contributed by atoms with Crippen LogP contribution in [0.15, 0.2) is 24.3 Å². The summed E-state index contributed by atoms with van der Waals surface area (Å²) in [6, 6.07) is 8.24. The molecule has 150 valence electrons. The highest BCUT2D eigenvalue weighted by atomic mass is 16.5. The van der Waals surface area contributed by atoms with Crippen LogP contribution in [0.4, 0.5) is 0 Å². The third kappa shape index (κ3) is 4.80. The van der Waals surface area contributed by atoms with Gasteiger partial charge in [-0.15, -0.1) is 0 Å². The molecule has 0 N–H and O–H groups in total. The van der Waals surface area contributed by atoms with Gasteiger partial charge in [-0.1, -0.05) is 42.7 Å². The lowest BCUT2D eigenvalue weighted by molar-refractivity contribution is -0.134. The van der Waals surface area contributed by atoms with E-state index < -0.39 is 5.97 Å². The number of ether oxygens (including phenoxy) is 1. The molecular formula is C22H29N3O3. The summed E-state index contributed by atoms with van der Waals surface area (Å²) in [5.74, 6) is -0.592. The van der Waals surface area contributed by atoms with Gasteiger partial charge in [0.1, 0.15) is 5.56 Å². The van der Waals surface area contributed by atoms with Crippen molar-refractivity contribution >= 4 is 11.9 Å². The van der Waals surface area contributed by atoms with Crippen molar-refractivity contribution in [1.29, 1.82) is 0 Å². The maximum atomic E-state index is 12.6. The van der Waals surface area contributed by atoms with E-state index in [-0.39, 0.29) is 12.5 Å². The molecule has 1 saturated heterocycles. The van der Waals surface area contributed by atoms with Crippen molar-refractivity contribution in [3.8, 4) is 0 Å². The quantitative estimate of drug-likeness (QED) is 0.742. The summed E-state index contributed by atoms with van der Waals surface area (Å²) in [6.45, 7) is 7.60. The Morgan fingerprint density at radius 3 is 2.29 bits per heavy atom. The lowest BCUT2D eigenvalue weighted by Gasteiger charge is -2.19. The summed E-state index contributed by atoms with van der Waals surface area (Å²) in [7, 11) is 0. The summed E-state index contributed by atoms with van der Waals surface area (Å²) in [5.41, 5.74) is 4.15. The molecule has 0 unspecified atom stereocenters. The van der Waals surface area contributed by atoms with Crippen molar-refractivity contribution in [2.24, 2.45) is 0 Å².